The first-order valence-electron chi connectivity index (χ1n) is 9.51. The van der Waals surface area contributed by atoms with Crippen LogP contribution in [-0.4, -0.2) is 53.0 Å². The van der Waals surface area contributed by atoms with Crippen molar-refractivity contribution in [1.29, 1.82) is 0 Å². The second-order valence-electron chi connectivity index (χ2n) is 9.01. The molecular formula is C19H32O6Si2. The van der Waals surface area contributed by atoms with E-state index >= 15 is 0 Å². The summed E-state index contributed by atoms with van der Waals surface area (Å²) >= 11 is 0. The zero-order valence-corrected chi connectivity index (χ0v) is 19.2. The van der Waals surface area contributed by atoms with Crippen molar-refractivity contribution in [3.05, 3.63) is 24.3 Å². The SMILES string of the molecule is C[Si](C)(C)OC1C=CC(OC(=O)CC(=O)OC2C=CC(O[Si](C)(C)C)C2)C1. The molecular weight excluding hydrogens is 380 g/mol. The van der Waals surface area contributed by atoms with E-state index in [4.69, 9.17) is 18.3 Å². The molecule has 4 atom stereocenters. The highest BCUT2D eigenvalue weighted by Crippen LogP contribution is 2.23. The van der Waals surface area contributed by atoms with Crippen LogP contribution in [-0.2, 0) is 27.9 Å². The maximum Gasteiger partial charge on any atom is 0.317 e. The summed E-state index contributed by atoms with van der Waals surface area (Å²) < 4.78 is 22.7. The number of rotatable bonds is 8. The van der Waals surface area contributed by atoms with Gasteiger partial charge in [0.1, 0.15) is 18.6 Å². The monoisotopic (exact) mass is 412 g/mol. The molecule has 0 aromatic heterocycles. The molecule has 0 fully saturated rings. The summed E-state index contributed by atoms with van der Waals surface area (Å²) in [5, 5.41) is 0. The van der Waals surface area contributed by atoms with E-state index in [1.165, 1.54) is 0 Å². The Morgan fingerprint density at radius 2 is 1.04 bits per heavy atom. The van der Waals surface area contributed by atoms with Gasteiger partial charge >= 0.3 is 11.9 Å². The molecule has 2 aliphatic rings. The largest absolute Gasteiger partial charge is 0.458 e. The van der Waals surface area contributed by atoms with Crippen LogP contribution in [0.3, 0.4) is 0 Å². The lowest BCUT2D eigenvalue weighted by Crippen LogP contribution is -2.31. The van der Waals surface area contributed by atoms with Gasteiger partial charge in [-0.1, -0.05) is 12.2 Å². The molecule has 0 N–H and O–H groups in total. The standard InChI is InChI=1S/C19H32O6Si2/c1-26(2,3)24-16-9-7-14(11-16)22-18(20)13-19(21)23-15-8-10-17(12-15)25-27(4,5)6/h7-10,14-17H,11-13H2,1-6H3. The summed E-state index contributed by atoms with van der Waals surface area (Å²) in [7, 11) is -3.28. The quantitative estimate of drug-likeness (QED) is 0.263. The van der Waals surface area contributed by atoms with E-state index in [0.717, 1.165) is 0 Å². The molecule has 27 heavy (non-hydrogen) atoms. The van der Waals surface area contributed by atoms with Crippen molar-refractivity contribution in [2.45, 2.75) is 83.0 Å². The molecule has 0 aliphatic heterocycles. The van der Waals surface area contributed by atoms with E-state index < -0.39 is 28.6 Å². The maximum absolute atomic E-state index is 12.0. The minimum atomic E-state index is -1.64. The highest BCUT2D eigenvalue weighted by atomic mass is 28.4. The Kier molecular flexibility index (Phi) is 7.23. The summed E-state index contributed by atoms with van der Waals surface area (Å²) in [4.78, 5) is 24.0. The van der Waals surface area contributed by atoms with Gasteiger partial charge in [-0.3, -0.25) is 9.59 Å². The third-order valence-electron chi connectivity index (χ3n) is 3.87. The lowest BCUT2D eigenvalue weighted by Gasteiger charge is -2.23. The zero-order chi connectivity index (χ0) is 20.2. The minimum Gasteiger partial charge on any atom is -0.458 e. The van der Waals surface area contributed by atoms with E-state index in [9.17, 15) is 9.59 Å². The van der Waals surface area contributed by atoms with Gasteiger partial charge in [0.25, 0.3) is 0 Å². The summed E-state index contributed by atoms with van der Waals surface area (Å²) in [6.45, 7) is 12.7. The van der Waals surface area contributed by atoms with Gasteiger partial charge in [-0.05, 0) is 51.4 Å². The number of carbonyl (C=O) groups excluding carboxylic acids is 2. The van der Waals surface area contributed by atoms with Crippen molar-refractivity contribution in [3.8, 4) is 0 Å². The molecule has 4 unspecified atom stereocenters. The van der Waals surface area contributed by atoms with Crippen LogP contribution in [0.15, 0.2) is 24.3 Å². The zero-order valence-electron chi connectivity index (χ0n) is 17.2. The average molecular weight is 413 g/mol. The fraction of sp³-hybridized carbons (Fsp3) is 0.684. The van der Waals surface area contributed by atoms with Crippen molar-refractivity contribution in [1.82, 2.24) is 0 Å². The molecule has 2 aliphatic carbocycles. The van der Waals surface area contributed by atoms with Crippen LogP contribution < -0.4 is 0 Å². The van der Waals surface area contributed by atoms with Gasteiger partial charge in [-0.2, -0.15) is 0 Å². The highest BCUT2D eigenvalue weighted by Gasteiger charge is 2.30. The molecule has 0 aromatic rings. The van der Waals surface area contributed by atoms with E-state index in [2.05, 4.69) is 39.3 Å². The van der Waals surface area contributed by atoms with Gasteiger partial charge in [0.2, 0.25) is 0 Å². The molecule has 152 valence electrons. The molecule has 0 aromatic carbocycles. The summed E-state index contributed by atoms with van der Waals surface area (Å²) in [5.41, 5.74) is 0. The molecule has 0 spiro atoms. The molecule has 8 heteroatoms. The van der Waals surface area contributed by atoms with Gasteiger partial charge in [-0.15, -0.1) is 0 Å². The van der Waals surface area contributed by atoms with Crippen molar-refractivity contribution >= 4 is 28.6 Å². The molecule has 0 saturated heterocycles. The van der Waals surface area contributed by atoms with Crippen LogP contribution in [0.4, 0.5) is 0 Å². The predicted octanol–water partition coefficient (Wildman–Crippen LogP) is 3.56. The second kappa shape index (κ2) is 8.85. The van der Waals surface area contributed by atoms with Crippen LogP contribution in [0.1, 0.15) is 19.3 Å². The third kappa shape index (κ3) is 8.55. The van der Waals surface area contributed by atoms with Crippen molar-refractivity contribution in [2.75, 3.05) is 0 Å². The topological polar surface area (TPSA) is 71.1 Å². The fourth-order valence-electron chi connectivity index (χ4n) is 3.06. The van der Waals surface area contributed by atoms with Crippen LogP contribution >= 0.6 is 0 Å². The first kappa shape index (κ1) is 22.1. The first-order chi connectivity index (χ1) is 12.4. The Labute approximate surface area is 164 Å². The van der Waals surface area contributed by atoms with E-state index in [0.29, 0.717) is 12.8 Å². The number of carbonyl (C=O) groups is 2. The maximum atomic E-state index is 12.0. The molecule has 0 amide bonds. The van der Waals surface area contributed by atoms with Crippen molar-refractivity contribution in [2.24, 2.45) is 0 Å². The van der Waals surface area contributed by atoms with Crippen LogP contribution in [0, 0.1) is 0 Å². The molecule has 0 radical (unpaired) electrons. The van der Waals surface area contributed by atoms with Crippen LogP contribution in [0.5, 0.6) is 0 Å². The minimum absolute atomic E-state index is 0.0201. The van der Waals surface area contributed by atoms with Crippen LogP contribution in [0.2, 0.25) is 39.3 Å². The first-order valence-corrected chi connectivity index (χ1v) is 16.3. The van der Waals surface area contributed by atoms with Crippen molar-refractivity contribution < 1.29 is 27.9 Å². The highest BCUT2D eigenvalue weighted by molar-refractivity contribution is 6.70. The summed E-state index contributed by atoms with van der Waals surface area (Å²) in [6.07, 6.45) is 7.61. The lowest BCUT2D eigenvalue weighted by atomic mass is 10.3. The molecule has 0 heterocycles. The smallest absolute Gasteiger partial charge is 0.317 e. The van der Waals surface area contributed by atoms with Gasteiger partial charge in [-0.25, -0.2) is 0 Å². The number of hydrogen-bond acceptors (Lipinski definition) is 6. The molecule has 0 bridgehead atoms. The van der Waals surface area contributed by atoms with E-state index in [1.807, 2.05) is 24.3 Å². The Bertz CT molecular complexity index is 550. The predicted molar refractivity (Wildman–Crippen MR) is 108 cm³/mol. The van der Waals surface area contributed by atoms with Crippen LogP contribution in [0.25, 0.3) is 0 Å². The summed E-state index contributed by atoms with van der Waals surface area (Å²) in [6, 6.07) is 0. The number of hydrogen-bond donors (Lipinski definition) is 0. The van der Waals surface area contributed by atoms with Gasteiger partial charge in [0.05, 0.1) is 12.2 Å². The third-order valence-corrected chi connectivity index (χ3v) is 5.89. The van der Waals surface area contributed by atoms with Gasteiger partial charge < -0.3 is 18.3 Å². The lowest BCUT2D eigenvalue weighted by molar-refractivity contribution is -0.158. The molecule has 0 saturated carbocycles. The second-order valence-corrected chi connectivity index (χ2v) is 17.9. The normalized spacial score (nSPS) is 27.8. The van der Waals surface area contributed by atoms with Gasteiger partial charge in [0, 0.05) is 12.8 Å². The number of ether oxygens (including phenoxy) is 2. The van der Waals surface area contributed by atoms with Gasteiger partial charge in [0.15, 0.2) is 16.6 Å². The van der Waals surface area contributed by atoms with E-state index in [1.54, 1.807) is 0 Å². The Balaban J connectivity index is 1.68. The molecule has 2 rings (SSSR count). The molecule has 6 nitrogen and oxygen atoms in total. The van der Waals surface area contributed by atoms with Crippen molar-refractivity contribution in [3.63, 3.8) is 0 Å². The fourth-order valence-corrected chi connectivity index (χ4v) is 5.23. The Morgan fingerprint density at radius 1 is 0.704 bits per heavy atom. The number of esters is 2. The Hall–Kier alpha value is -1.23. The van der Waals surface area contributed by atoms with E-state index in [-0.39, 0.29) is 30.8 Å². The Morgan fingerprint density at radius 3 is 1.37 bits per heavy atom. The summed E-state index contributed by atoms with van der Waals surface area (Å²) in [5.74, 6) is -1.14. The average Bonchev–Trinajstić information content (AvgIpc) is 3.04.